The summed E-state index contributed by atoms with van der Waals surface area (Å²) in [5, 5.41) is 4.43. The van der Waals surface area contributed by atoms with Crippen LogP contribution < -0.4 is 5.19 Å². The molecule has 0 N–H and O–H groups in total. The van der Waals surface area contributed by atoms with Crippen molar-refractivity contribution in [2.75, 3.05) is 0 Å². The fourth-order valence-electron chi connectivity index (χ4n) is 2.14. The first-order chi connectivity index (χ1) is 8.59. The maximum absolute atomic E-state index is 2.99. The van der Waals surface area contributed by atoms with Crippen molar-refractivity contribution >= 4 is 48.8 Å². The Morgan fingerprint density at radius 2 is 1.71 bits per heavy atom. The minimum Gasteiger partial charge on any atom is -0.273 e. The Balaban J connectivity index is 0. The second-order valence-electron chi connectivity index (χ2n) is 5.59. The van der Waals surface area contributed by atoms with E-state index >= 15 is 0 Å². The molecule has 1 aliphatic rings. The van der Waals surface area contributed by atoms with Crippen molar-refractivity contribution in [3.05, 3.63) is 60.7 Å². The normalized spacial score (nSPS) is 11.8. The molecule has 0 amide bonds. The van der Waals surface area contributed by atoms with Crippen molar-refractivity contribution < 1.29 is 26.2 Å². The topological polar surface area (TPSA) is 0 Å². The standard InChI is InChI=1S/C12H15Si.C5H5.2ClH.Zr/c1-13(2,3)12-9-8-10-6-4-5-7-11(10)12;1-2-4-5-3-1;;;/h4-9H,1-3H3;1-3H,4H2;2*1H;/q2*-1;;;+2. The van der Waals surface area contributed by atoms with Crippen LogP contribution in [0.3, 0.4) is 0 Å². The first-order valence-electron chi connectivity index (χ1n) is 6.46. The van der Waals surface area contributed by atoms with Gasteiger partial charge < -0.3 is 0 Å². The summed E-state index contributed by atoms with van der Waals surface area (Å²) in [7, 11) is -1.15. The molecule has 2 aromatic carbocycles. The van der Waals surface area contributed by atoms with Gasteiger partial charge in [-0.25, -0.2) is 12.2 Å². The number of hydrogen-bond acceptors (Lipinski definition) is 0. The summed E-state index contributed by atoms with van der Waals surface area (Å²) in [4.78, 5) is 0. The summed E-state index contributed by atoms with van der Waals surface area (Å²) in [5.74, 6) is 0. The van der Waals surface area contributed by atoms with E-state index in [0.29, 0.717) is 0 Å². The molecular formula is C17H22Cl2SiZr. The maximum Gasteiger partial charge on any atom is 2.00 e. The molecule has 112 valence electrons. The van der Waals surface area contributed by atoms with Crippen molar-refractivity contribution in [2.24, 2.45) is 0 Å². The van der Waals surface area contributed by atoms with Crippen LogP contribution in [0.25, 0.3) is 10.8 Å². The Kier molecular flexibility index (Phi) is 11.8. The predicted molar refractivity (Wildman–Crippen MR) is 98.6 cm³/mol. The van der Waals surface area contributed by atoms with Crippen molar-refractivity contribution in [2.45, 2.75) is 26.1 Å². The van der Waals surface area contributed by atoms with Gasteiger partial charge in [0.2, 0.25) is 0 Å². The first kappa shape index (κ1) is 23.3. The van der Waals surface area contributed by atoms with Crippen LogP contribution in [-0.4, -0.2) is 8.07 Å². The van der Waals surface area contributed by atoms with Gasteiger partial charge in [0.1, 0.15) is 0 Å². The predicted octanol–water partition coefficient (Wildman–Crippen LogP) is 5.25. The molecule has 0 spiro atoms. The van der Waals surface area contributed by atoms with Gasteiger partial charge in [0.05, 0.1) is 0 Å². The number of rotatable bonds is 1. The molecule has 0 saturated heterocycles. The van der Waals surface area contributed by atoms with E-state index in [2.05, 4.69) is 68.2 Å². The van der Waals surface area contributed by atoms with E-state index in [1.807, 2.05) is 12.2 Å². The van der Waals surface area contributed by atoms with Gasteiger partial charge in [-0.15, -0.1) is 65.4 Å². The number of benzene rings is 1. The molecule has 0 aliphatic heterocycles. The summed E-state index contributed by atoms with van der Waals surface area (Å²) in [6.45, 7) is 7.19. The third-order valence-corrected chi connectivity index (χ3v) is 5.13. The van der Waals surface area contributed by atoms with E-state index < -0.39 is 8.07 Å². The summed E-state index contributed by atoms with van der Waals surface area (Å²) < 4.78 is 0. The monoisotopic (exact) mass is 414 g/mol. The molecule has 3 rings (SSSR count). The van der Waals surface area contributed by atoms with Crippen LogP contribution in [0, 0.1) is 6.08 Å². The van der Waals surface area contributed by atoms with Gasteiger partial charge in [-0.3, -0.25) is 6.08 Å². The van der Waals surface area contributed by atoms with Gasteiger partial charge in [0, 0.05) is 8.07 Å². The van der Waals surface area contributed by atoms with Crippen LogP contribution >= 0.6 is 24.8 Å². The van der Waals surface area contributed by atoms with Crippen molar-refractivity contribution in [3.8, 4) is 0 Å². The van der Waals surface area contributed by atoms with Crippen molar-refractivity contribution in [1.29, 1.82) is 0 Å². The van der Waals surface area contributed by atoms with E-state index in [4.69, 9.17) is 0 Å². The number of hydrogen-bond donors (Lipinski definition) is 0. The molecule has 0 nitrogen and oxygen atoms in total. The van der Waals surface area contributed by atoms with Gasteiger partial charge in [-0.1, -0.05) is 25.7 Å². The SMILES string of the molecule is C[Si](C)(C)[c-]1ccc2ccccc21.Cl.Cl.[C-]1=CC=CC1.[Zr+2]. The molecule has 0 atom stereocenters. The van der Waals surface area contributed by atoms with Crippen molar-refractivity contribution in [3.63, 3.8) is 0 Å². The summed E-state index contributed by atoms with van der Waals surface area (Å²) >= 11 is 0. The second kappa shape index (κ2) is 10.7. The molecule has 0 radical (unpaired) electrons. The summed E-state index contributed by atoms with van der Waals surface area (Å²) in [6.07, 6.45) is 10.0. The van der Waals surface area contributed by atoms with Gasteiger partial charge in [-0.2, -0.15) is 18.2 Å². The molecule has 4 heteroatoms. The van der Waals surface area contributed by atoms with E-state index in [0.717, 1.165) is 6.42 Å². The molecule has 0 aromatic heterocycles. The maximum atomic E-state index is 2.99. The van der Waals surface area contributed by atoms with Crippen LogP contribution in [0.2, 0.25) is 19.6 Å². The van der Waals surface area contributed by atoms with Crippen LogP contribution in [0.1, 0.15) is 6.42 Å². The minimum atomic E-state index is -1.15. The van der Waals surface area contributed by atoms with Crippen LogP contribution in [-0.2, 0) is 26.2 Å². The third-order valence-electron chi connectivity index (χ3n) is 3.07. The summed E-state index contributed by atoms with van der Waals surface area (Å²) in [5.41, 5.74) is 0. The second-order valence-corrected chi connectivity index (χ2v) is 10.6. The molecule has 21 heavy (non-hydrogen) atoms. The Bertz CT molecular complexity index is 570. The zero-order valence-corrected chi connectivity index (χ0v) is 17.8. The van der Waals surface area contributed by atoms with Crippen LogP contribution in [0.15, 0.2) is 54.6 Å². The molecule has 0 saturated carbocycles. The first-order valence-corrected chi connectivity index (χ1v) is 9.96. The fourth-order valence-corrected chi connectivity index (χ4v) is 3.76. The summed E-state index contributed by atoms with van der Waals surface area (Å²) in [6, 6.07) is 13.2. The quantitative estimate of drug-likeness (QED) is 0.440. The number of halogens is 2. The van der Waals surface area contributed by atoms with E-state index in [1.54, 1.807) is 5.19 Å². The Labute approximate surface area is 161 Å². The Morgan fingerprint density at radius 1 is 1.05 bits per heavy atom. The Morgan fingerprint density at radius 3 is 2.19 bits per heavy atom. The zero-order chi connectivity index (χ0) is 13.0. The van der Waals surface area contributed by atoms with E-state index in [1.165, 1.54) is 10.8 Å². The van der Waals surface area contributed by atoms with E-state index in [9.17, 15) is 0 Å². The third kappa shape index (κ3) is 6.74. The number of allylic oxidation sites excluding steroid dienone is 4. The van der Waals surface area contributed by atoms with Crippen LogP contribution in [0.5, 0.6) is 0 Å². The largest absolute Gasteiger partial charge is 2.00 e. The molecular weight excluding hydrogens is 394 g/mol. The average molecular weight is 417 g/mol. The zero-order valence-electron chi connectivity index (χ0n) is 12.7. The van der Waals surface area contributed by atoms with Gasteiger partial charge in [0.25, 0.3) is 0 Å². The minimum absolute atomic E-state index is 0. The Hall–Kier alpha value is -0.0100. The molecule has 0 fully saturated rings. The fraction of sp³-hybridized carbons (Fsp3) is 0.235. The van der Waals surface area contributed by atoms with Gasteiger partial charge >= 0.3 is 26.2 Å². The molecule has 0 heterocycles. The molecule has 2 aromatic rings. The number of fused-ring (bicyclic) bond motifs is 1. The molecule has 0 unspecified atom stereocenters. The van der Waals surface area contributed by atoms with Gasteiger partial charge in [-0.05, 0) is 0 Å². The molecule has 1 aliphatic carbocycles. The van der Waals surface area contributed by atoms with Gasteiger partial charge in [0.15, 0.2) is 0 Å². The smallest absolute Gasteiger partial charge is 0.273 e. The van der Waals surface area contributed by atoms with E-state index in [-0.39, 0.29) is 51.0 Å². The molecule has 0 bridgehead atoms. The van der Waals surface area contributed by atoms with Crippen molar-refractivity contribution in [1.82, 2.24) is 0 Å². The average Bonchev–Trinajstić information content (AvgIpc) is 3.01. The van der Waals surface area contributed by atoms with Crippen LogP contribution in [0.4, 0.5) is 0 Å².